The van der Waals surface area contributed by atoms with E-state index in [1.165, 1.54) is 11.1 Å². The van der Waals surface area contributed by atoms with Crippen molar-refractivity contribution in [1.82, 2.24) is 14.9 Å². The molecule has 2 fully saturated rings. The van der Waals surface area contributed by atoms with Crippen LogP contribution in [-0.4, -0.2) is 98.5 Å². The highest BCUT2D eigenvalue weighted by Gasteiger charge is 2.47. The molecule has 2 saturated heterocycles. The lowest BCUT2D eigenvalue weighted by Gasteiger charge is -2.53. The first-order valence-electron chi connectivity index (χ1n) is 13.7. The third-order valence-electron chi connectivity index (χ3n) is 6.35. The lowest BCUT2D eigenvalue weighted by Crippen LogP contribution is -2.64. The summed E-state index contributed by atoms with van der Waals surface area (Å²) < 4.78 is 107. The summed E-state index contributed by atoms with van der Waals surface area (Å²) in [5, 5.41) is 21.4. The van der Waals surface area contributed by atoms with E-state index in [1.54, 1.807) is 0 Å². The van der Waals surface area contributed by atoms with E-state index in [0.717, 1.165) is 57.7 Å². The molecule has 20 heteroatoms. The molecule has 1 unspecified atom stereocenters. The van der Waals surface area contributed by atoms with E-state index in [2.05, 4.69) is 33.9 Å². The van der Waals surface area contributed by atoms with Gasteiger partial charge in [-0.2, -0.15) is 39.5 Å². The van der Waals surface area contributed by atoms with E-state index in [0.29, 0.717) is 12.5 Å². The van der Waals surface area contributed by atoms with E-state index < -0.39 is 36.4 Å². The predicted molar refractivity (Wildman–Crippen MR) is 145 cm³/mol. The minimum Gasteiger partial charge on any atom is -0.475 e. The van der Waals surface area contributed by atoms with Gasteiger partial charge in [0.05, 0.1) is 12.2 Å². The number of hydrogen-bond donors (Lipinski definition) is 3. The topological polar surface area (TPSA) is 159 Å². The number of rotatable bonds is 7. The Kier molecular flexibility index (Phi) is 16.2. The van der Waals surface area contributed by atoms with Crippen LogP contribution in [0.3, 0.4) is 0 Å². The van der Waals surface area contributed by atoms with Gasteiger partial charge in [0.2, 0.25) is 0 Å². The van der Waals surface area contributed by atoms with Gasteiger partial charge in [-0.05, 0) is 54.9 Å². The number of nitrogens with zero attached hydrogens (tertiary/aromatic N) is 3. The second-order valence-electron chi connectivity index (χ2n) is 10.5. The minimum atomic E-state index is -5.08. The summed E-state index contributed by atoms with van der Waals surface area (Å²) >= 11 is 0. The van der Waals surface area contributed by atoms with Crippen LogP contribution in [0.4, 0.5) is 39.5 Å². The molecule has 48 heavy (non-hydrogen) atoms. The highest BCUT2D eigenvalue weighted by molar-refractivity contribution is 5.73. The van der Waals surface area contributed by atoms with Gasteiger partial charge in [-0.1, -0.05) is 12.1 Å². The molecule has 4 heterocycles. The highest BCUT2D eigenvalue weighted by Crippen LogP contribution is 2.38. The summed E-state index contributed by atoms with van der Waals surface area (Å²) in [6.07, 6.45) is -4.27. The molecular formula is C28H32F9N3O8. The molecule has 0 bridgehead atoms. The predicted octanol–water partition coefficient (Wildman–Crippen LogP) is 5.27. The fourth-order valence-electron chi connectivity index (χ4n) is 4.36. The fraction of sp³-hybridized carbons (Fsp3) is 0.536. The van der Waals surface area contributed by atoms with Crippen LogP contribution in [0, 0.1) is 12.8 Å². The number of halogens is 9. The Hall–Kier alpha value is -4.04. The van der Waals surface area contributed by atoms with Gasteiger partial charge in [0, 0.05) is 57.6 Å². The normalized spacial score (nSPS) is 17.2. The second-order valence-corrected chi connectivity index (χ2v) is 10.5. The number of carbonyl (C=O) groups is 3. The average Bonchev–Trinajstić information content (AvgIpc) is 2.95. The van der Waals surface area contributed by atoms with E-state index in [9.17, 15) is 39.5 Å². The van der Waals surface area contributed by atoms with Crippen molar-refractivity contribution in [3.05, 3.63) is 59.7 Å². The molecule has 1 atom stereocenters. The first-order chi connectivity index (χ1) is 22.0. The van der Waals surface area contributed by atoms with Crippen molar-refractivity contribution in [3.8, 4) is 0 Å². The van der Waals surface area contributed by atoms with Crippen LogP contribution in [0.15, 0.2) is 43.0 Å². The summed E-state index contributed by atoms with van der Waals surface area (Å²) in [6, 6.07) is 6.29. The van der Waals surface area contributed by atoms with Crippen molar-refractivity contribution in [1.29, 1.82) is 0 Å². The number of carboxylic acid groups (broad SMARTS) is 3. The number of aliphatic carboxylic acids is 3. The minimum absolute atomic E-state index is 0.0750. The van der Waals surface area contributed by atoms with Crippen molar-refractivity contribution in [3.63, 3.8) is 0 Å². The van der Waals surface area contributed by atoms with E-state index in [4.69, 9.17) is 39.2 Å². The summed E-state index contributed by atoms with van der Waals surface area (Å²) in [5.41, 5.74) is 3.69. The third-order valence-corrected chi connectivity index (χ3v) is 6.35. The molecule has 2 aliphatic rings. The highest BCUT2D eigenvalue weighted by atomic mass is 19.4. The third kappa shape index (κ3) is 16.7. The van der Waals surface area contributed by atoms with Crippen LogP contribution in [0.1, 0.15) is 36.0 Å². The summed E-state index contributed by atoms with van der Waals surface area (Å²) in [7, 11) is 0. The molecule has 0 amide bonds. The zero-order valence-electron chi connectivity index (χ0n) is 25.1. The van der Waals surface area contributed by atoms with Crippen molar-refractivity contribution >= 4 is 17.9 Å². The maximum absolute atomic E-state index is 10.6. The Morgan fingerprint density at radius 1 is 0.896 bits per heavy atom. The van der Waals surface area contributed by atoms with Gasteiger partial charge in [-0.3, -0.25) is 14.9 Å². The average molecular weight is 710 g/mol. The molecule has 0 radical (unpaired) electrons. The lowest BCUT2D eigenvalue weighted by atomic mass is 9.79. The maximum atomic E-state index is 10.6. The summed E-state index contributed by atoms with van der Waals surface area (Å²) in [6.45, 7) is 7.46. The molecule has 0 aromatic carbocycles. The molecule has 1 spiro atoms. The first kappa shape index (κ1) is 42.0. The van der Waals surface area contributed by atoms with Gasteiger partial charge in [-0.25, -0.2) is 14.4 Å². The molecule has 2 aliphatic heterocycles. The standard InChI is InChI=1S/C22H29N3O2.3C2HF3O2/c1-18-9-21(13-24-11-18)15-26-7-4-19-5-8-27-22(10-19)16-25(17-22)14-20-3-2-6-23-12-20;3*3-2(4,5)1(6)7/h2-3,6,9,11-13,19H,4-5,7-8,10,14-17H2,1H3;3*(H,6,7). The van der Waals surface area contributed by atoms with Crippen molar-refractivity contribution < 1.29 is 78.7 Å². The zero-order chi connectivity index (χ0) is 36.8. The SMILES string of the molecule is Cc1cncc(COCCC2CCOC3(C2)CN(Cc2cccnc2)C3)c1.O=C(O)C(F)(F)F.O=C(O)C(F)(F)F.O=C(O)C(F)(F)F. The van der Waals surface area contributed by atoms with Crippen molar-refractivity contribution in [2.75, 3.05) is 26.3 Å². The number of alkyl halides is 9. The fourth-order valence-corrected chi connectivity index (χ4v) is 4.36. The maximum Gasteiger partial charge on any atom is 0.490 e. The quantitative estimate of drug-likeness (QED) is 0.254. The van der Waals surface area contributed by atoms with E-state index in [-0.39, 0.29) is 5.60 Å². The Balaban J connectivity index is 0.000000448. The number of ether oxygens (including phenoxy) is 2. The number of likely N-dealkylation sites (tertiary alicyclic amines) is 1. The Labute approximate surface area is 267 Å². The van der Waals surface area contributed by atoms with Gasteiger partial charge >= 0.3 is 36.4 Å². The van der Waals surface area contributed by atoms with Gasteiger partial charge in [0.1, 0.15) is 0 Å². The van der Waals surface area contributed by atoms with Gasteiger partial charge in [-0.15, -0.1) is 0 Å². The van der Waals surface area contributed by atoms with Gasteiger partial charge in [0.15, 0.2) is 0 Å². The van der Waals surface area contributed by atoms with E-state index >= 15 is 0 Å². The first-order valence-corrected chi connectivity index (χ1v) is 13.7. The van der Waals surface area contributed by atoms with E-state index in [1.807, 2.05) is 30.9 Å². The van der Waals surface area contributed by atoms with Crippen LogP contribution in [-0.2, 0) is 37.0 Å². The monoisotopic (exact) mass is 709 g/mol. The van der Waals surface area contributed by atoms with Crippen LogP contribution < -0.4 is 0 Å². The number of aromatic nitrogens is 2. The molecule has 2 aromatic heterocycles. The van der Waals surface area contributed by atoms with Crippen LogP contribution in [0.5, 0.6) is 0 Å². The molecule has 4 rings (SSSR count). The largest absolute Gasteiger partial charge is 0.490 e. The Morgan fingerprint density at radius 3 is 1.88 bits per heavy atom. The van der Waals surface area contributed by atoms with Crippen LogP contribution >= 0.6 is 0 Å². The Bertz CT molecular complexity index is 1250. The number of hydrogen-bond acceptors (Lipinski definition) is 8. The van der Waals surface area contributed by atoms with Gasteiger partial charge < -0.3 is 24.8 Å². The smallest absolute Gasteiger partial charge is 0.475 e. The molecular weight excluding hydrogens is 677 g/mol. The molecule has 0 saturated carbocycles. The molecule has 3 N–H and O–H groups in total. The van der Waals surface area contributed by atoms with Crippen LogP contribution in [0.2, 0.25) is 0 Å². The number of pyridine rings is 2. The zero-order valence-corrected chi connectivity index (χ0v) is 25.1. The lowest BCUT2D eigenvalue weighted by molar-refractivity contribution is -0.193. The van der Waals surface area contributed by atoms with Crippen molar-refractivity contribution in [2.24, 2.45) is 5.92 Å². The summed E-state index contributed by atoms with van der Waals surface area (Å²) in [4.78, 5) is 37.6. The summed E-state index contributed by atoms with van der Waals surface area (Å²) in [5.74, 6) is -7.57. The number of aryl methyl sites for hydroxylation is 1. The van der Waals surface area contributed by atoms with Crippen LogP contribution in [0.25, 0.3) is 0 Å². The van der Waals surface area contributed by atoms with Crippen molar-refractivity contribution in [2.45, 2.75) is 63.5 Å². The van der Waals surface area contributed by atoms with Gasteiger partial charge in [0.25, 0.3) is 0 Å². The number of carboxylic acids is 3. The molecule has 0 aliphatic carbocycles. The molecule has 11 nitrogen and oxygen atoms in total. The Morgan fingerprint density at radius 2 is 1.42 bits per heavy atom. The molecule has 270 valence electrons. The molecule has 2 aromatic rings. The second kappa shape index (κ2) is 18.5.